The number of hydrogen-bond donors (Lipinski definition) is 1. The van der Waals surface area contributed by atoms with Gasteiger partial charge in [-0.3, -0.25) is 0 Å². The summed E-state index contributed by atoms with van der Waals surface area (Å²) >= 11 is 0. The Morgan fingerprint density at radius 3 is 2.31 bits per heavy atom. The number of nitrogens with zero attached hydrogens (tertiary/aromatic N) is 1. The van der Waals surface area contributed by atoms with Crippen LogP contribution in [0.4, 0.5) is 0 Å². The molecule has 0 unspecified atom stereocenters. The first-order valence-electron chi connectivity index (χ1n) is 5.01. The van der Waals surface area contributed by atoms with Gasteiger partial charge in [0.1, 0.15) is 0 Å². The minimum Gasteiger partial charge on any atom is -0.411 e. The molecule has 0 atom stereocenters. The Bertz CT molecular complexity index is 158. The first-order valence-corrected chi connectivity index (χ1v) is 5.01. The summed E-state index contributed by atoms with van der Waals surface area (Å²) in [6.45, 7) is 0. The molecule has 2 nitrogen and oxygen atoms in total. The van der Waals surface area contributed by atoms with Crippen LogP contribution in [-0.4, -0.2) is 11.4 Å². The molecule has 0 aromatic carbocycles. The molecule has 0 fully saturated rings. The molecule has 0 radical (unpaired) electrons. The van der Waals surface area contributed by atoms with E-state index in [0.29, 0.717) is 0 Å². The summed E-state index contributed by atoms with van der Waals surface area (Å²) in [6, 6.07) is 0. The van der Waals surface area contributed by atoms with Crippen molar-refractivity contribution >= 4 is 6.21 Å². The van der Waals surface area contributed by atoms with Crippen LogP contribution < -0.4 is 0 Å². The lowest BCUT2D eigenvalue weighted by Gasteiger charge is -1.97. The van der Waals surface area contributed by atoms with Gasteiger partial charge in [0, 0.05) is 12.6 Å². The van der Waals surface area contributed by atoms with Crippen LogP contribution in [0, 0.1) is 12.3 Å². The Morgan fingerprint density at radius 2 is 1.69 bits per heavy atom. The van der Waals surface area contributed by atoms with Gasteiger partial charge in [-0.05, 0) is 19.3 Å². The van der Waals surface area contributed by atoms with Gasteiger partial charge in [-0.15, -0.1) is 17.5 Å². The maximum absolute atomic E-state index is 8.12. The summed E-state index contributed by atoms with van der Waals surface area (Å²) in [5.41, 5.74) is 0. The molecule has 0 heterocycles. The van der Waals surface area contributed by atoms with Crippen LogP contribution in [-0.2, 0) is 0 Å². The minimum absolute atomic E-state index is 0.890. The van der Waals surface area contributed by atoms with Gasteiger partial charge in [0.15, 0.2) is 0 Å². The van der Waals surface area contributed by atoms with Gasteiger partial charge in [0.25, 0.3) is 0 Å². The molecule has 0 aliphatic heterocycles. The average molecular weight is 181 g/mol. The number of hydrogen-bond acceptors (Lipinski definition) is 2. The van der Waals surface area contributed by atoms with E-state index in [2.05, 4.69) is 11.1 Å². The molecule has 0 saturated heterocycles. The van der Waals surface area contributed by atoms with E-state index < -0.39 is 0 Å². The van der Waals surface area contributed by atoms with Crippen molar-refractivity contribution in [1.29, 1.82) is 0 Å². The first kappa shape index (κ1) is 12.0. The van der Waals surface area contributed by atoms with Crippen molar-refractivity contribution in [1.82, 2.24) is 0 Å². The van der Waals surface area contributed by atoms with Crippen LogP contribution in [0.1, 0.15) is 51.4 Å². The zero-order valence-electron chi connectivity index (χ0n) is 8.21. The van der Waals surface area contributed by atoms with Gasteiger partial charge in [-0.25, -0.2) is 0 Å². The Kier molecular flexibility index (Phi) is 10.2. The topological polar surface area (TPSA) is 32.6 Å². The average Bonchev–Trinajstić information content (AvgIpc) is 2.16. The Balaban J connectivity index is 2.88. The third-order valence-electron chi connectivity index (χ3n) is 1.99. The maximum atomic E-state index is 8.12. The second-order valence-corrected chi connectivity index (χ2v) is 3.16. The lowest BCUT2D eigenvalue weighted by molar-refractivity contribution is 0.320. The van der Waals surface area contributed by atoms with Crippen molar-refractivity contribution < 1.29 is 5.21 Å². The summed E-state index contributed by atoms with van der Waals surface area (Å²) in [5, 5.41) is 11.1. The molecule has 0 amide bonds. The predicted molar refractivity (Wildman–Crippen MR) is 56.0 cm³/mol. The Morgan fingerprint density at radius 1 is 1.08 bits per heavy atom. The summed E-state index contributed by atoms with van der Waals surface area (Å²) in [6.07, 6.45) is 15.8. The van der Waals surface area contributed by atoms with E-state index in [1.165, 1.54) is 25.7 Å². The highest BCUT2D eigenvalue weighted by Gasteiger charge is 1.89. The van der Waals surface area contributed by atoms with Crippen LogP contribution in [0.2, 0.25) is 0 Å². The van der Waals surface area contributed by atoms with Gasteiger partial charge >= 0.3 is 0 Å². The van der Waals surface area contributed by atoms with Crippen molar-refractivity contribution in [2.75, 3.05) is 0 Å². The van der Waals surface area contributed by atoms with Gasteiger partial charge in [-0.1, -0.05) is 25.7 Å². The number of unbranched alkanes of at least 4 members (excludes halogenated alkanes) is 7. The highest BCUT2D eigenvalue weighted by Crippen LogP contribution is 2.07. The molecule has 2 heteroatoms. The van der Waals surface area contributed by atoms with Crippen LogP contribution in [0.15, 0.2) is 5.16 Å². The molecule has 0 aromatic rings. The minimum atomic E-state index is 0.890. The molecule has 0 spiro atoms. The number of terminal acetylenes is 1. The zero-order chi connectivity index (χ0) is 9.78. The lowest BCUT2D eigenvalue weighted by atomic mass is 10.1. The monoisotopic (exact) mass is 181 g/mol. The molecular weight excluding hydrogens is 162 g/mol. The number of rotatable bonds is 8. The SMILES string of the molecule is C#CCCCCCCCC/C=N/O. The normalized spacial score (nSPS) is 10.4. The number of oxime groups is 1. The van der Waals surface area contributed by atoms with Gasteiger partial charge in [-0.2, -0.15) is 0 Å². The third-order valence-corrected chi connectivity index (χ3v) is 1.99. The van der Waals surface area contributed by atoms with E-state index in [-0.39, 0.29) is 0 Å². The molecule has 1 N–H and O–H groups in total. The summed E-state index contributed by atoms with van der Waals surface area (Å²) in [7, 11) is 0. The smallest absolute Gasteiger partial charge is 0.0435 e. The standard InChI is InChI=1S/C11H19NO/c1-2-3-4-5-6-7-8-9-10-11-12-13/h1,11,13H,3-10H2/b12-11+. The van der Waals surface area contributed by atoms with E-state index in [4.69, 9.17) is 11.6 Å². The van der Waals surface area contributed by atoms with E-state index in [1.54, 1.807) is 6.21 Å². The van der Waals surface area contributed by atoms with Crippen molar-refractivity contribution in [3.05, 3.63) is 0 Å². The third kappa shape index (κ3) is 11.0. The Hall–Kier alpha value is -0.970. The fourth-order valence-corrected chi connectivity index (χ4v) is 1.23. The van der Waals surface area contributed by atoms with E-state index in [0.717, 1.165) is 25.7 Å². The molecular formula is C11H19NO. The fourth-order valence-electron chi connectivity index (χ4n) is 1.23. The van der Waals surface area contributed by atoms with Gasteiger partial charge < -0.3 is 5.21 Å². The largest absolute Gasteiger partial charge is 0.411 e. The van der Waals surface area contributed by atoms with E-state index in [1.807, 2.05) is 0 Å². The lowest BCUT2D eigenvalue weighted by Crippen LogP contribution is -1.81. The summed E-state index contributed by atoms with van der Waals surface area (Å²) in [5.74, 6) is 2.64. The molecule has 74 valence electrons. The Labute approximate surface area is 81.0 Å². The molecule has 0 rings (SSSR count). The van der Waals surface area contributed by atoms with Crippen molar-refractivity contribution in [2.45, 2.75) is 51.4 Å². The highest BCUT2D eigenvalue weighted by atomic mass is 16.4. The van der Waals surface area contributed by atoms with Crippen molar-refractivity contribution in [3.63, 3.8) is 0 Å². The van der Waals surface area contributed by atoms with Crippen LogP contribution >= 0.6 is 0 Å². The van der Waals surface area contributed by atoms with E-state index in [9.17, 15) is 0 Å². The zero-order valence-corrected chi connectivity index (χ0v) is 8.21. The van der Waals surface area contributed by atoms with Gasteiger partial charge in [0.2, 0.25) is 0 Å². The first-order chi connectivity index (χ1) is 6.41. The fraction of sp³-hybridized carbons (Fsp3) is 0.727. The second kappa shape index (κ2) is 11.0. The van der Waals surface area contributed by atoms with Crippen LogP contribution in [0.5, 0.6) is 0 Å². The molecule has 0 bridgehead atoms. The molecule has 13 heavy (non-hydrogen) atoms. The predicted octanol–water partition coefficient (Wildman–Crippen LogP) is 3.20. The summed E-state index contributed by atoms with van der Waals surface area (Å²) in [4.78, 5) is 0. The van der Waals surface area contributed by atoms with Crippen molar-refractivity contribution in [2.24, 2.45) is 5.16 Å². The molecule has 0 aromatic heterocycles. The quantitative estimate of drug-likeness (QED) is 0.201. The maximum Gasteiger partial charge on any atom is 0.0435 e. The molecule has 0 saturated carbocycles. The highest BCUT2D eigenvalue weighted by molar-refractivity contribution is 5.55. The van der Waals surface area contributed by atoms with Crippen molar-refractivity contribution in [3.8, 4) is 12.3 Å². The van der Waals surface area contributed by atoms with Crippen LogP contribution in [0.25, 0.3) is 0 Å². The van der Waals surface area contributed by atoms with E-state index >= 15 is 0 Å². The van der Waals surface area contributed by atoms with Crippen LogP contribution in [0.3, 0.4) is 0 Å². The van der Waals surface area contributed by atoms with Gasteiger partial charge in [0.05, 0.1) is 0 Å². The second-order valence-electron chi connectivity index (χ2n) is 3.16. The molecule has 0 aliphatic carbocycles. The molecule has 0 aliphatic rings. The summed E-state index contributed by atoms with van der Waals surface area (Å²) < 4.78 is 0.